The lowest BCUT2D eigenvalue weighted by atomic mass is 10.3. The minimum Gasteiger partial charge on any atom is -0.408 e. The van der Waals surface area contributed by atoms with Gasteiger partial charge in [0, 0.05) is 6.07 Å². The van der Waals surface area contributed by atoms with Crippen molar-refractivity contribution >= 4 is 38.4 Å². The molecule has 3 aromatic rings. The molecule has 0 spiro atoms. The lowest BCUT2D eigenvalue weighted by Gasteiger charge is -2.08. The number of rotatable bonds is 3. The van der Waals surface area contributed by atoms with Gasteiger partial charge in [0.2, 0.25) is 0 Å². The van der Waals surface area contributed by atoms with E-state index in [9.17, 15) is 17.6 Å². The number of aromatic amines is 1. The predicted octanol–water partition coefficient (Wildman–Crippen LogP) is 2.71. The average molecular weight is 343 g/mol. The summed E-state index contributed by atoms with van der Waals surface area (Å²) in [6.45, 7) is 0. The Morgan fingerprint density at radius 3 is 2.68 bits per heavy atom. The number of anilines is 1. The van der Waals surface area contributed by atoms with Gasteiger partial charge in [-0.2, -0.15) is 0 Å². The molecule has 0 atom stereocenters. The molecule has 114 valence electrons. The van der Waals surface area contributed by atoms with Gasteiger partial charge in [0.1, 0.15) is 5.82 Å². The standard InChI is InChI=1S/C13H8ClFN2O4S/c14-9-5-7(1-3-10(9)15)17-22(19,20)8-2-4-11-12(6-8)21-13(18)16-11/h1-6,17H,(H,16,18). The summed E-state index contributed by atoms with van der Waals surface area (Å²) in [7, 11) is -3.93. The number of oxazole rings is 1. The maximum atomic E-state index is 13.1. The van der Waals surface area contributed by atoms with Gasteiger partial charge in [0.25, 0.3) is 10.0 Å². The average Bonchev–Trinajstić information content (AvgIpc) is 2.81. The summed E-state index contributed by atoms with van der Waals surface area (Å²) in [5.74, 6) is -1.33. The molecule has 22 heavy (non-hydrogen) atoms. The van der Waals surface area contributed by atoms with Gasteiger partial charge in [-0.25, -0.2) is 17.6 Å². The van der Waals surface area contributed by atoms with Gasteiger partial charge in [-0.15, -0.1) is 0 Å². The highest BCUT2D eigenvalue weighted by atomic mass is 35.5. The van der Waals surface area contributed by atoms with Gasteiger partial charge in [-0.3, -0.25) is 9.71 Å². The molecule has 0 fully saturated rings. The van der Waals surface area contributed by atoms with E-state index >= 15 is 0 Å². The normalized spacial score (nSPS) is 11.7. The lowest BCUT2D eigenvalue weighted by Crippen LogP contribution is -2.12. The van der Waals surface area contributed by atoms with Crippen LogP contribution in [-0.2, 0) is 10.0 Å². The third-order valence-electron chi connectivity index (χ3n) is 2.87. The van der Waals surface area contributed by atoms with Crippen LogP contribution in [0.5, 0.6) is 0 Å². The largest absolute Gasteiger partial charge is 0.417 e. The summed E-state index contributed by atoms with van der Waals surface area (Å²) in [5.41, 5.74) is 0.612. The maximum absolute atomic E-state index is 13.1. The van der Waals surface area contributed by atoms with Crippen molar-refractivity contribution < 1.29 is 17.2 Å². The zero-order chi connectivity index (χ0) is 15.9. The van der Waals surface area contributed by atoms with E-state index in [0.29, 0.717) is 5.52 Å². The zero-order valence-electron chi connectivity index (χ0n) is 10.8. The van der Waals surface area contributed by atoms with E-state index in [2.05, 4.69) is 9.71 Å². The second-order valence-electron chi connectivity index (χ2n) is 4.41. The van der Waals surface area contributed by atoms with Gasteiger partial charge < -0.3 is 4.42 Å². The van der Waals surface area contributed by atoms with Crippen molar-refractivity contribution in [1.82, 2.24) is 4.98 Å². The minimum absolute atomic E-state index is 0.108. The number of aromatic nitrogens is 1. The molecule has 0 aliphatic rings. The highest BCUT2D eigenvalue weighted by Crippen LogP contribution is 2.23. The Morgan fingerprint density at radius 1 is 1.18 bits per heavy atom. The Hall–Kier alpha value is -2.32. The van der Waals surface area contributed by atoms with Crippen LogP contribution in [0, 0.1) is 5.82 Å². The number of nitrogens with one attached hydrogen (secondary N) is 2. The molecule has 0 bridgehead atoms. The summed E-state index contributed by atoms with van der Waals surface area (Å²) in [6.07, 6.45) is 0. The van der Waals surface area contributed by atoms with Gasteiger partial charge in [-0.1, -0.05) is 11.6 Å². The Labute approximate surface area is 128 Å². The molecule has 0 unspecified atom stereocenters. The molecule has 0 saturated heterocycles. The monoisotopic (exact) mass is 342 g/mol. The number of sulfonamides is 1. The second kappa shape index (κ2) is 5.15. The lowest BCUT2D eigenvalue weighted by molar-refractivity contribution is 0.554. The van der Waals surface area contributed by atoms with Crippen molar-refractivity contribution in [2.75, 3.05) is 4.72 Å². The molecular weight excluding hydrogens is 335 g/mol. The van der Waals surface area contributed by atoms with Crippen LogP contribution in [0.2, 0.25) is 5.02 Å². The molecule has 0 aliphatic carbocycles. The third-order valence-corrected chi connectivity index (χ3v) is 4.54. The van der Waals surface area contributed by atoms with Crippen molar-refractivity contribution in [1.29, 1.82) is 0 Å². The van der Waals surface area contributed by atoms with Crippen LogP contribution in [-0.4, -0.2) is 13.4 Å². The maximum Gasteiger partial charge on any atom is 0.417 e. The van der Waals surface area contributed by atoms with E-state index in [1.165, 1.54) is 24.3 Å². The zero-order valence-corrected chi connectivity index (χ0v) is 12.3. The molecule has 0 radical (unpaired) electrons. The van der Waals surface area contributed by atoms with Crippen LogP contribution >= 0.6 is 11.6 Å². The fourth-order valence-electron chi connectivity index (χ4n) is 1.87. The first-order valence-corrected chi connectivity index (χ1v) is 7.82. The van der Waals surface area contributed by atoms with E-state index in [4.69, 9.17) is 16.0 Å². The molecule has 0 saturated carbocycles. The molecule has 0 amide bonds. The predicted molar refractivity (Wildman–Crippen MR) is 79.1 cm³/mol. The number of hydrogen-bond donors (Lipinski definition) is 2. The highest BCUT2D eigenvalue weighted by molar-refractivity contribution is 7.92. The number of fused-ring (bicyclic) bond motifs is 1. The van der Waals surface area contributed by atoms with E-state index in [1.807, 2.05) is 0 Å². The van der Waals surface area contributed by atoms with Crippen molar-refractivity contribution in [3.05, 3.63) is 57.8 Å². The van der Waals surface area contributed by atoms with Crippen molar-refractivity contribution in [3.63, 3.8) is 0 Å². The molecule has 9 heteroatoms. The fourth-order valence-corrected chi connectivity index (χ4v) is 3.11. The Kier molecular flexibility index (Phi) is 3.42. The molecular formula is C13H8ClFN2O4S. The first kappa shape index (κ1) is 14.6. The molecule has 6 nitrogen and oxygen atoms in total. The van der Waals surface area contributed by atoms with E-state index in [1.54, 1.807) is 0 Å². The van der Waals surface area contributed by atoms with Gasteiger partial charge >= 0.3 is 5.76 Å². The second-order valence-corrected chi connectivity index (χ2v) is 6.50. The van der Waals surface area contributed by atoms with Crippen molar-refractivity contribution in [2.24, 2.45) is 0 Å². The highest BCUT2D eigenvalue weighted by Gasteiger charge is 2.16. The molecule has 3 rings (SSSR count). The molecule has 2 aromatic carbocycles. The van der Waals surface area contributed by atoms with E-state index < -0.39 is 21.6 Å². The van der Waals surface area contributed by atoms with Crippen LogP contribution in [0.1, 0.15) is 0 Å². The van der Waals surface area contributed by atoms with Crippen molar-refractivity contribution in [3.8, 4) is 0 Å². The van der Waals surface area contributed by atoms with Crippen molar-refractivity contribution in [2.45, 2.75) is 4.90 Å². The summed E-state index contributed by atoms with van der Waals surface area (Å²) in [5, 5.41) is -0.202. The number of H-pyrrole nitrogens is 1. The Morgan fingerprint density at radius 2 is 1.95 bits per heavy atom. The van der Waals surface area contributed by atoms with Crippen LogP contribution in [0.3, 0.4) is 0 Å². The first-order chi connectivity index (χ1) is 10.3. The topological polar surface area (TPSA) is 92.2 Å². The first-order valence-electron chi connectivity index (χ1n) is 5.96. The summed E-state index contributed by atoms with van der Waals surface area (Å²) in [4.78, 5) is 13.4. The molecule has 1 aromatic heterocycles. The van der Waals surface area contributed by atoms with Gasteiger partial charge in [0.15, 0.2) is 5.58 Å². The van der Waals surface area contributed by atoms with E-state index in [-0.39, 0.29) is 21.2 Å². The van der Waals surface area contributed by atoms with Crippen LogP contribution in [0.25, 0.3) is 11.1 Å². The molecule has 2 N–H and O–H groups in total. The van der Waals surface area contributed by atoms with Crippen LogP contribution in [0.15, 0.2) is 50.5 Å². The summed E-state index contributed by atoms with van der Waals surface area (Å²) >= 11 is 5.61. The van der Waals surface area contributed by atoms with Gasteiger partial charge in [0.05, 0.1) is 21.1 Å². The van der Waals surface area contributed by atoms with Gasteiger partial charge in [-0.05, 0) is 30.3 Å². The SMILES string of the molecule is O=c1[nH]c2ccc(S(=O)(=O)Nc3ccc(F)c(Cl)c3)cc2o1. The fraction of sp³-hybridized carbons (Fsp3) is 0. The van der Waals surface area contributed by atoms with E-state index in [0.717, 1.165) is 12.1 Å². The summed E-state index contributed by atoms with van der Waals surface area (Å²) < 4.78 is 44.7. The number of hydrogen-bond acceptors (Lipinski definition) is 4. The molecule has 1 heterocycles. The van der Waals surface area contributed by atoms with Crippen LogP contribution < -0.4 is 10.5 Å². The molecule has 0 aliphatic heterocycles. The quantitative estimate of drug-likeness (QED) is 0.765. The Bertz CT molecular complexity index is 1030. The number of halogens is 2. The smallest absolute Gasteiger partial charge is 0.408 e. The Balaban J connectivity index is 1.99. The minimum atomic E-state index is -3.93. The summed E-state index contributed by atoms with van der Waals surface area (Å²) in [6, 6.07) is 7.38. The van der Waals surface area contributed by atoms with Crippen LogP contribution in [0.4, 0.5) is 10.1 Å². The number of benzene rings is 2. The third kappa shape index (κ3) is 2.70.